The minimum Gasteiger partial charge on any atom is -0.379 e. The van der Waals surface area contributed by atoms with E-state index in [2.05, 4.69) is 66.3 Å². The molecule has 0 heterocycles. The van der Waals surface area contributed by atoms with Crippen molar-refractivity contribution in [3.63, 3.8) is 0 Å². The summed E-state index contributed by atoms with van der Waals surface area (Å²) in [6.45, 7) is 8.20. The Morgan fingerprint density at radius 3 is 2.44 bits per heavy atom. The first-order chi connectivity index (χ1) is 8.63. The van der Waals surface area contributed by atoms with Crippen LogP contribution in [0.4, 0.5) is 0 Å². The van der Waals surface area contributed by atoms with Crippen LogP contribution < -0.4 is 5.32 Å². The second kappa shape index (κ2) is 8.68. The number of ether oxygens (including phenoxy) is 1. The van der Waals surface area contributed by atoms with Crippen LogP contribution in [0, 0.1) is 0 Å². The number of benzene rings is 1. The molecule has 1 aromatic carbocycles. The van der Waals surface area contributed by atoms with Gasteiger partial charge in [-0.25, -0.2) is 0 Å². The van der Waals surface area contributed by atoms with Crippen molar-refractivity contribution in [2.24, 2.45) is 0 Å². The molecule has 0 aromatic heterocycles. The Bertz CT molecular complexity index is 324. The molecule has 3 heteroatoms. The van der Waals surface area contributed by atoms with Crippen LogP contribution in [0.25, 0.3) is 0 Å². The standard InChI is InChI=1S/C15H24BrNO/c1-4-15(13-6-8-14(16)9-7-13)17-10-5-11-18-12(2)3/h6-9,12,15,17H,4-5,10-11H2,1-3H3. The highest BCUT2D eigenvalue weighted by molar-refractivity contribution is 9.10. The lowest BCUT2D eigenvalue weighted by Gasteiger charge is -2.18. The molecule has 1 aromatic rings. The molecule has 1 unspecified atom stereocenters. The van der Waals surface area contributed by atoms with Crippen molar-refractivity contribution in [3.8, 4) is 0 Å². The summed E-state index contributed by atoms with van der Waals surface area (Å²) in [6, 6.07) is 8.99. The molecular formula is C15H24BrNO. The Morgan fingerprint density at radius 1 is 1.22 bits per heavy atom. The fourth-order valence-electron chi connectivity index (χ4n) is 1.86. The van der Waals surface area contributed by atoms with Crippen LogP contribution in [-0.2, 0) is 4.74 Å². The predicted molar refractivity (Wildman–Crippen MR) is 80.9 cm³/mol. The molecule has 0 saturated carbocycles. The summed E-state index contributed by atoms with van der Waals surface area (Å²) in [5, 5.41) is 3.58. The smallest absolute Gasteiger partial charge is 0.0518 e. The largest absolute Gasteiger partial charge is 0.379 e. The van der Waals surface area contributed by atoms with Gasteiger partial charge in [-0.15, -0.1) is 0 Å². The van der Waals surface area contributed by atoms with E-state index in [1.54, 1.807) is 0 Å². The van der Waals surface area contributed by atoms with Gasteiger partial charge < -0.3 is 10.1 Å². The number of nitrogens with one attached hydrogen (secondary N) is 1. The van der Waals surface area contributed by atoms with E-state index >= 15 is 0 Å². The van der Waals surface area contributed by atoms with Crippen LogP contribution in [0.1, 0.15) is 45.2 Å². The molecule has 0 aliphatic carbocycles. The molecule has 1 rings (SSSR count). The fraction of sp³-hybridized carbons (Fsp3) is 0.600. The monoisotopic (exact) mass is 313 g/mol. The van der Waals surface area contributed by atoms with Crippen LogP contribution >= 0.6 is 15.9 Å². The van der Waals surface area contributed by atoms with Crippen LogP contribution in [0.3, 0.4) is 0 Å². The zero-order valence-electron chi connectivity index (χ0n) is 11.6. The summed E-state index contributed by atoms with van der Waals surface area (Å²) in [6.07, 6.45) is 2.50. The van der Waals surface area contributed by atoms with Crippen molar-refractivity contribution in [1.82, 2.24) is 5.32 Å². The van der Waals surface area contributed by atoms with Crippen LogP contribution in [0.15, 0.2) is 28.7 Å². The third kappa shape index (κ3) is 5.98. The molecule has 18 heavy (non-hydrogen) atoms. The highest BCUT2D eigenvalue weighted by Gasteiger charge is 2.07. The van der Waals surface area contributed by atoms with Gasteiger partial charge in [0.2, 0.25) is 0 Å². The molecule has 102 valence electrons. The average Bonchev–Trinajstić information content (AvgIpc) is 2.35. The molecule has 0 amide bonds. The van der Waals surface area contributed by atoms with Crippen molar-refractivity contribution >= 4 is 15.9 Å². The lowest BCUT2D eigenvalue weighted by atomic mass is 10.0. The predicted octanol–water partition coefficient (Wildman–Crippen LogP) is 4.30. The van der Waals surface area contributed by atoms with Crippen LogP contribution in [0.2, 0.25) is 0 Å². The molecule has 0 fully saturated rings. The van der Waals surface area contributed by atoms with E-state index < -0.39 is 0 Å². The van der Waals surface area contributed by atoms with Crippen molar-refractivity contribution in [1.29, 1.82) is 0 Å². The maximum absolute atomic E-state index is 5.53. The van der Waals surface area contributed by atoms with Gasteiger partial charge in [0, 0.05) is 17.1 Å². The highest BCUT2D eigenvalue weighted by atomic mass is 79.9. The molecule has 2 nitrogen and oxygen atoms in total. The quantitative estimate of drug-likeness (QED) is 0.722. The van der Waals surface area contributed by atoms with Gasteiger partial charge in [-0.1, -0.05) is 35.0 Å². The fourth-order valence-corrected chi connectivity index (χ4v) is 2.12. The van der Waals surface area contributed by atoms with Crippen LogP contribution in [-0.4, -0.2) is 19.3 Å². The van der Waals surface area contributed by atoms with Gasteiger partial charge in [0.1, 0.15) is 0 Å². The molecule has 0 spiro atoms. The molecule has 1 atom stereocenters. The minimum absolute atomic E-state index is 0.332. The number of hydrogen-bond donors (Lipinski definition) is 1. The van der Waals surface area contributed by atoms with E-state index in [1.165, 1.54) is 5.56 Å². The third-order valence-corrected chi connectivity index (χ3v) is 3.37. The van der Waals surface area contributed by atoms with E-state index in [0.717, 1.165) is 30.5 Å². The first-order valence-corrected chi connectivity index (χ1v) is 7.53. The summed E-state index contributed by atoms with van der Waals surface area (Å²) in [5.74, 6) is 0. The summed E-state index contributed by atoms with van der Waals surface area (Å²) < 4.78 is 6.66. The lowest BCUT2D eigenvalue weighted by Crippen LogP contribution is -2.23. The van der Waals surface area contributed by atoms with Crippen molar-refractivity contribution in [2.75, 3.05) is 13.2 Å². The summed E-state index contributed by atoms with van der Waals surface area (Å²) in [5.41, 5.74) is 1.35. The third-order valence-electron chi connectivity index (χ3n) is 2.84. The average molecular weight is 314 g/mol. The molecule has 0 aliphatic heterocycles. The van der Waals surface area contributed by atoms with Gasteiger partial charge in [-0.2, -0.15) is 0 Å². The van der Waals surface area contributed by atoms with Crippen molar-refractivity contribution in [2.45, 2.75) is 45.8 Å². The summed E-state index contributed by atoms with van der Waals surface area (Å²) >= 11 is 3.47. The van der Waals surface area contributed by atoms with E-state index in [9.17, 15) is 0 Å². The van der Waals surface area contributed by atoms with E-state index in [1.807, 2.05) is 0 Å². The normalized spacial score (nSPS) is 12.9. The zero-order valence-corrected chi connectivity index (χ0v) is 13.2. The first-order valence-electron chi connectivity index (χ1n) is 6.74. The first kappa shape index (κ1) is 15.7. The Labute approximate surface area is 119 Å². The highest BCUT2D eigenvalue weighted by Crippen LogP contribution is 2.19. The van der Waals surface area contributed by atoms with E-state index in [4.69, 9.17) is 4.74 Å². The second-order valence-electron chi connectivity index (χ2n) is 4.74. The lowest BCUT2D eigenvalue weighted by molar-refractivity contribution is 0.0767. The van der Waals surface area contributed by atoms with Gasteiger partial charge in [0.25, 0.3) is 0 Å². The Balaban J connectivity index is 2.31. The van der Waals surface area contributed by atoms with Crippen molar-refractivity contribution < 1.29 is 4.74 Å². The summed E-state index contributed by atoms with van der Waals surface area (Å²) in [7, 11) is 0. The Morgan fingerprint density at radius 2 is 1.89 bits per heavy atom. The number of rotatable bonds is 8. The number of hydrogen-bond acceptors (Lipinski definition) is 2. The van der Waals surface area contributed by atoms with E-state index in [-0.39, 0.29) is 0 Å². The molecule has 0 aliphatic rings. The zero-order chi connectivity index (χ0) is 13.4. The Hall–Kier alpha value is -0.380. The maximum Gasteiger partial charge on any atom is 0.0518 e. The Kier molecular flexibility index (Phi) is 7.56. The SMILES string of the molecule is CCC(NCCCOC(C)C)c1ccc(Br)cc1. The topological polar surface area (TPSA) is 21.3 Å². The molecule has 0 bridgehead atoms. The van der Waals surface area contributed by atoms with Crippen molar-refractivity contribution in [3.05, 3.63) is 34.3 Å². The summed E-state index contributed by atoms with van der Waals surface area (Å²) in [4.78, 5) is 0. The van der Waals surface area contributed by atoms with E-state index in [0.29, 0.717) is 12.1 Å². The van der Waals surface area contributed by atoms with Gasteiger partial charge >= 0.3 is 0 Å². The maximum atomic E-state index is 5.53. The van der Waals surface area contributed by atoms with Gasteiger partial charge in [0.05, 0.1) is 6.10 Å². The van der Waals surface area contributed by atoms with Gasteiger partial charge in [-0.3, -0.25) is 0 Å². The molecule has 0 saturated heterocycles. The molecular weight excluding hydrogens is 290 g/mol. The van der Waals surface area contributed by atoms with Gasteiger partial charge in [0.15, 0.2) is 0 Å². The second-order valence-corrected chi connectivity index (χ2v) is 5.66. The van der Waals surface area contributed by atoms with Gasteiger partial charge in [-0.05, 0) is 50.9 Å². The molecule has 0 radical (unpaired) electrons. The minimum atomic E-state index is 0.332. The number of halogens is 1. The molecule has 1 N–H and O–H groups in total. The van der Waals surface area contributed by atoms with Crippen LogP contribution in [0.5, 0.6) is 0 Å².